The van der Waals surface area contributed by atoms with Crippen molar-refractivity contribution in [2.45, 2.75) is 50.3 Å². The van der Waals surface area contributed by atoms with Crippen molar-refractivity contribution in [3.63, 3.8) is 0 Å². The molecule has 132 valence electrons. The first kappa shape index (κ1) is 16.1. The second kappa shape index (κ2) is 4.83. The molecule has 2 bridgehead atoms. The van der Waals surface area contributed by atoms with E-state index in [-0.39, 0.29) is 25.7 Å². The van der Waals surface area contributed by atoms with Gasteiger partial charge in [-0.25, -0.2) is 0 Å². The molecular formula is C8H16N6O6S3. The average Bonchev–Trinajstić information content (AvgIpc) is 2.90. The first-order valence-electron chi connectivity index (χ1n) is 7.00. The molecule has 4 aliphatic rings. The van der Waals surface area contributed by atoms with Crippen LogP contribution in [-0.2, 0) is 30.6 Å². The molecule has 0 amide bonds. The first-order valence-corrected chi connectivity index (χ1v) is 11.4. The summed E-state index contributed by atoms with van der Waals surface area (Å²) >= 11 is 0. The summed E-state index contributed by atoms with van der Waals surface area (Å²) in [5.41, 5.74) is 0. The van der Waals surface area contributed by atoms with Gasteiger partial charge in [-0.15, -0.1) is 0 Å². The fraction of sp³-hybridized carbons (Fsp3) is 1.00. The van der Waals surface area contributed by atoms with Gasteiger partial charge in [-0.1, -0.05) is 0 Å². The summed E-state index contributed by atoms with van der Waals surface area (Å²) in [6, 6.07) is 0. The van der Waals surface area contributed by atoms with Crippen molar-refractivity contribution in [2.24, 2.45) is 0 Å². The van der Waals surface area contributed by atoms with Crippen LogP contribution in [0.5, 0.6) is 0 Å². The van der Waals surface area contributed by atoms with E-state index in [0.717, 1.165) is 8.61 Å². The van der Waals surface area contributed by atoms with Crippen LogP contribution < -0.4 is 18.9 Å². The molecule has 4 saturated heterocycles. The maximum absolute atomic E-state index is 13.0. The standard InChI is InChI=1S/C8H16N6O6S3/c15-21(16)9-5-1-2-6-10-22(17,18)12-8-4-3-7(11-21)14(8)23(19,20)13(5)6/h5-12H,1-4H2/t5-,6+,7-,8+. The molecule has 0 unspecified atom stereocenters. The summed E-state index contributed by atoms with van der Waals surface area (Å²) in [6.07, 6.45) is -3.49. The Hall–Kier alpha value is -0.390. The summed E-state index contributed by atoms with van der Waals surface area (Å²) < 4.78 is 85.5. The lowest BCUT2D eigenvalue weighted by Gasteiger charge is -2.41. The molecule has 12 nitrogen and oxygen atoms in total. The van der Waals surface area contributed by atoms with Crippen molar-refractivity contribution in [3.05, 3.63) is 0 Å². The lowest BCUT2D eigenvalue weighted by Crippen LogP contribution is -2.70. The van der Waals surface area contributed by atoms with Gasteiger partial charge in [-0.05, 0) is 25.7 Å². The Bertz CT molecular complexity index is 736. The van der Waals surface area contributed by atoms with Gasteiger partial charge in [0.1, 0.15) is 0 Å². The van der Waals surface area contributed by atoms with Gasteiger partial charge in [-0.2, -0.15) is 52.8 Å². The maximum Gasteiger partial charge on any atom is 0.287 e. The molecule has 4 fully saturated rings. The van der Waals surface area contributed by atoms with E-state index < -0.39 is 55.3 Å². The summed E-state index contributed by atoms with van der Waals surface area (Å²) in [5, 5.41) is 0. The van der Waals surface area contributed by atoms with Crippen LogP contribution in [0.1, 0.15) is 25.7 Å². The first-order chi connectivity index (χ1) is 10.6. The molecule has 4 rings (SSSR count). The zero-order valence-corrected chi connectivity index (χ0v) is 14.2. The van der Waals surface area contributed by atoms with Crippen molar-refractivity contribution in [2.75, 3.05) is 0 Å². The van der Waals surface area contributed by atoms with Crippen LogP contribution in [0.2, 0.25) is 0 Å². The topological polar surface area (TPSA) is 157 Å². The van der Waals surface area contributed by atoms with Gasteiger partial charge in [-0.3, -0.25) is 0 Å². The minimum atomic E-state index is -4.07. The van der Waals surface area contributed by atoms with Crippen molar-refractivity contribution in [3.8, 4) is 0 Å². The number of nitrogens with one attached hydrogen (secondary N) is 4. The molecule has 0 aromatic heterocycles. The van der Waals surface area contributed by atoms with Gasteiger partial charge >= 0.3 is 0 Å². The normalized spacial score (nSPS) is 44.9. The Morgan fingerprint density at radius 1 is 0.565 bits per heavy atom. The second-order valence-corrected chi connectivity index (χ2v) is 10.6. The molecule has 0 aromatic rings. The van der Waals surface area contributed by atoms with Gasteiger partial charge in [0.05, 0.1) is 24.7 Å². The third kappa shape index (κ3) is 2.50. The molecule has 0 aromatic carbocycles. The third-order valence-electron chi connectivity index (χ3n) is 4.35. The lowest BCUT2D eigenvalue weighted by atomic mass is 10.3. The molecule has 0 spiro atoms. The highest BCUT2D eigenvalue weighted by Gasteiger charge is 2.56. The number of rotatable bonds is 0. The minimum absolute atomic E-state index is 0.163. The van der Waals surface area contributed by atoms with Crippen molar-refractivity contribution >= 4 is 30.6 Å². The number of hydrogen-bond donors (Lipinski definition) is 4. The van der Waals surface area contributed by atoms with Crippen LogP contribution >= 0.6 is 0 Å². The summed E-state index contributed by atoms with van der Waals surface area (Å²) in [7, 11) is -11.9. The van der Waals surface area contributed by atoms with E-state index in [0.29, 0.717) is 0 Å². The van der Waals surface area contributed by atoms with E-state index in [4.69, 9.17) is 0 Å². The molecule has 4 aliphatic heterocycles. The number of hydrogen-bond acceptors (Lipinski definition) is 6. The predicted molar refractivity (Wildman–Crippen MR) is 76.6 cm³/mol. The second-order valence-electron chi connectivity index (χ2n) is 5.86. The molecule has 15 heteroatoms. The molecule has 23 heavy (non-hydrogen) atoms. The molecule has 4 atom stereocenters. The van der Waals surface area contributed by atoms with Crippen LogP contribution in [0, 0.1) is 0 Å². The molecule has 0 aliphatic carbocycles. The van der Waals surface area contributed by atoms with E-state index in [9.17, 15) is 25.3 Å². The van der Waals surface area contributed by atoms with E-state index >= 15 is 0 Å². The SMILES string of the molecule is O=S1(=O)N[C@H]2CC[C@H]3NS(=O)(=O)N[C@@H]4CC[C@H](N1)N4S(=O)(=O)N23. The third-order valence-corrected chi connectivity index (χ3v) is 8.77. The monoisotopic (exact) mass is 388 g/mol. The summed E-state index contributed by atoms with van der Waals surface area (Å²) in [4.78, 5) is 0. The highest BCUT2D eigenvalue weighted by molar-refractivity contribution is 7.89. The highest BCUT2D eigenvalue weighted by atomic mass is 32.2. The molecule has 0 radical (unpaired) electrons. The van der Waals surface area contributed by atoms with Crippen molar-refractivity contribution < 1.29 is 25.3 Å². The lowest BCUT2D eigenvalue weighted by molar-refractivity contribution is 0.213. The van der Waals surface area contributed by atoms with E-state index in [1.807, 2.05) is 0 Å². The van der Waals surface area contributed by atoms with E-state index in [1.165, 1.54) is 0 Å². The van der Waals surface area contributed by atoms with Gasteiger partial charge in [0, 0.05) is 0 Å². The highest BCUT2D eigenvalue weighted by Crippen LogP contribution is 2.35. The Kier molecular flexibility index (Phi) is 3.38. The Morgan fingerprint density at radius 2 is 0.826 bits per heavy atom. The van der Waals surface area contributed by atoms with Gasteiger partial charge in [0.25, 0.3) is 30.6 Å². The quantitative estimate of drug-likeness (QED) is 0.339. The van der Waals surface area contributed by atoms with Crippen LogP contribution in [0.4, 0.5) is 0 Å². The Balaban J connectivity index is 1.91. The minimum Gasteiger partial charge on any atom is -0.195 e. The molecule has 4 N–H and O–H groups in total. The van der Waals surface area contributed by atoms with Gasteiger partial charge in [0.15, 0.2) is 0 Å². The molecule has 4 heterocycles. The van der Waals surface area contributed by atoms with E-state index in [2.05, 4.69) is 18.9 Å². The maximum atomic E-state index is 13.0. The average molecular weight is 388 g/mol. The van der Waals surface area contributed by atoms with Crippen molar-refractivity contribution in [1.82, 2.24) is 27.5 Å². The van der Waals surface area contributed by atoms with Crippen molar-refractivity contribution in [1.29, 1.82) is 0 Å². The summed E-state index contributed by atoms with van der Waals surface area (Å²) in [5.74, 6) is 0. The summed E-state index contributed by atoms with van der Waals surface area (Å²) in [6.45, 7) is 0. The smallest absolute Gasteiger partial charge is 0.195 e. The Morgan fingerprint density at radius 3 is 1.09 bits per heavy atom. The zero-order chi connectivity index (χ0) is 16.6. The zero-order valence-electron chi connectivity index (χ0n) is 11.7. The van der Waals surface area contributed by atoms with Crippen LogP contribution in [0.3, 0.4) is 0 Å². The predicted octanol–water partition coefficient (Wildman–Crippen LogP) is -3.40. The fourth-order valence-electron chi connectivity index (χ4n) is 3.55. The Labute approximate surface area is 134 Å². The largest absolute Gasteiger partial charge is 0.287 e. The van der Waals surface area contributed by atoms with E-state index in [1.54, 1.807) is 0 Å². The van der Waals surface area contributed by atoms with Crippen LogP contribution in [-0.4, -0.2) is 58.5 Å². The molecule has 0 saturated carbocycles. The number of nitrogens with zero attached hydrogens (tertiary/aromatic N) is 2. The van der Waals surface area contributed by atoms with Crippen LogP contribution in [0.25, 0.3) is 0 Å². The van der Waals surface area contributed by atoms with Gasteiger partial charge in [0.2, 0.25) is 0 Å². The van der Waals surface area contributed by atoms with Gasteiger partial charge < -0.3 is 0 Å². The van der Waals surface area contributed by atoms with Crippen LogP contribution in [0.15, 0.2) is 0 Å². The fourth-order valence-corrected chi connectivity index (χ4v) is 8.45. The molecular weight excluding hydrogens is 372 g/mol.